The molecule has 6 nitrogen and oxygen atoms in total. The number of nitrogens with zero attached hydrogens (tertiary/aromatic N) is 2. The van der Waals surface area contributed by atoms with Crippen LogP contribution in [0.2, 0.25) is 0 Å². The lowest BCUT2D eigenvalue weighted by Crippen LogP contribution is -2.23. The molecule has 6 heteroatoms. The third kappa shape index (κ3) is 2.75. The highest BCUT2D eigenvalue weighted by molar-refractivity contribution is 5.71. The van der Waals surface area contributed by atoms with Gasteiger partial charge in [0.1, 0.15) is 0 Å². The molecule has 3 rings (SSSR count). The number of ether oxygens (including phenoxy) is 1. The molecular weight excluding hydrogens is 260 g/mol. The van der Waals surface area contributed by atoms with Gasteiger partial charge in [-0.25, -0.2) is 0 Å². The Kier molecular flexibility index (Phi) is 3.82. The highest BCUT2D eigenvalue weighted by atomic mass is 16.5. The Labute approximate surface area is 116 Å². The summed E-state index contributed by atoms with van der Waals surface area (Å²) in [6.45, 7) is 0.796. The molecule has 1 fully saturated rings. The summed E-state index contributed by atoms with van der Waals surface area (Å²) in [6, 6.07) is 0. The summed E-state index contributed by atoms with van der Waals surface area (Å²) >= 11 is 0. The largest absolute Gasteiger partial charge is 0.481 e. The molecule has 1 N–H and O–H groups in total. The molecule has 2 heterocycles. The van der Waals surface area contributed by atoms with Crippen LogP contribution in [0.15, 0.2) is 16.7 Å². The molecule has 3 unspecified atom stereocenters. The Bertz CT molecular complexity index is 505. The number of rotatable bonds is 4. The molecule has 20 heavy (non-hydrogen) atoms. The minimum Gasteiger partial charge on any atom is -0.481 e. The maximum Gasteiger partial charge on any atom is 0.307 e. The number of aromatic nitrogens is 2. The summed E-state index contributed by atoms with van der Waals surface area (Å²) in [5, 5.41) is 13.2. The average molecular weight is 278 g/mol. The third-order valence-electron chi connectivity index (χ3n) is 3.98. The van der Waals surface area contributed by atoms with E-state index in [1.165, 1.54) is 0 Å². The van der Waals surface area contributed by atoms with E-state index in [1.807, 2.05) is 12.2 Å². The van der Waals surface area contributed by atoms with Gasteiger partial charge in [-0.15, -0.1) is 0 Å². The predicted molar refractivity (Wildman–Crippen MR) is 69.2 cm³/mol. The van der Waals surface area contributed by atoms with Crippen molar-refractivity contribution in [1.82, 2.24) is 10.1 Å². The van der Waals surface area contributed by atoms with Crippen molar-refractivity contribution in [2.75, 3.05) is 6.61 Å². The van der Waals surface area contributed by atoms with E-state index in [0.717, 1.165) is 19.4 Å². The van der Waals surface area contributed by atoms with Crippen molar-refractivity contribution in [3.05, 3.63) is 23.9 Å². The van der Waals surface area contributed by atoms with Crippen molar-refractivity contribution in [1.29, 1.82) is 0 Å². The summed E-state index contributed by atoms with van der Waals surface area (Å²) < 4.78 is 10.8. The number of allylic oxidation sites excluding steroid dienone is 2. The lowest BCUT2D eigenvalue weighted by molar-refractivity contribution is -0.142. The van der Waals surface area contributed by atoms with Crippen LogP contribution in [0, 0.1) is 5.92 Å². The van der Waals surface area contributed by atoms with Crippen LogP contribution < -0.4 is 0 Å². The van der Waals surface area contributed by atoms with Crippen LogP contribution in [0.3, 0.4) is 0 Å². The van der Waals surface area contributed by atoms with Crippen LogP contribution >= 0.6 is 0 Å². The van der Waals surface area contributed by atoms with E-state index < -0.39 is 11.9 Å². The molecule has 0 bridgehead atoms. The maximum absolute atomic E-state index is 11.3. The summed E-state index contributed by atoms with van der Waals surface area (Å²) in [6.07, 6.45) is 7.94. The highest BCUT2D eigenvalue weighted by Gasteiger charge is 2.34. The zero-order valence-electron chi connectivity index (χ0n) is 11.2. The number of carbonyl (C=O) groups is 1. The monoisotopic (exact) mass is 278 g/mol. The molecule has 0 amide bonds. The lowest BCUT2D eigenvalue weighted by atomic mass is 9.83. The maximum atomic E-state index is 11.3. The second-order valence-electron chi connectivity index (χ2n) is 5.38. The molecule has 1 aromatic heterocycles. The molecule has 1 aliphatic carbocycles. The summed E-state index contributed by atoms with van der Waals surface area (Å²) in [4.78, 5) is 15.7. The first-order chi connectivity index (χ1) is 9.74. The van der Waals surface area contributed by atoms with Gasteiger partial charge in [-0.05, 0) is 25.7 Å². The smallest absolute Gasteiger partial charge is 0.307 e. The Balaban J connectivity index is 1.71. The molecule has 1 saturated heterocycles. The van der Waals surface area contributed by atoms with Crippen LogP contribution in [0.4, 0.5) is 0 Å². The zero-order valence-corrected chi connectivity index (χ0v) is 11.2. The molecule has 0 aromatic carbocycles. The lowest BCUT2D eigenvalue weighted by Gasteiger charge is -2.21. The van der Waals surface area contributed by atoms with Crippen molar-refractivity contribution in [3.63, 3.8) is 0 Å². The van der Waals surface area contributed by atoms with Gasteiger partial charge >= 0.3 is 5.97 Å². The van der Waals surface area contributed by atoms with E-state index in [4.69, 9.17) is 9.26 Å². The average Bonchev–Trinajstić information content (AvgIpc) is 3.11. The van der Waals surface area contributed by atoms with E-state index in [1.54, 1.807) is 0 Å². The van der Waals surface area contributed by atoms with Crippen molar-refractivity contribution < 1.29 is 19.2 Å². The van der Waals surface area contributed by atoms with E-state index in [0.29, 0.717) is 31.0 Å². The standard InChI is InChI=1S/C14H18N2O4/c17-14(18)11-6-2-1-5-10(11)13-15-12(16-20-13)8-9-4-3-7-19-9/h1-2,9-11H,3-8H2,(H,17,18). The summed E-state index contributed by atoms with van der Waals surface area (Å²) in [5.74, 6) is -0.446. The topological polar surface area (TPSA) is 85.5 Å². The fourth-order valence-corrected chi connectivity index (χ4v) is 2.87. The summed E-state index contributed by atoms with van der Waals surface area (Å²) in [5.41, 5.74) is 0. The highest BCUT2D eigenvalue weighted by Crippen LogP contribution is 2.34. The van der Waals surface area contributed by atoms with Crippen LogP contribution in [0.1, 0.15) is 43.3 Å². The van der Waals surface area contributed by atoms with Crippen molar-refractivity contribution in [3.8, 4) is 0 Å². The first-order valence-electron chi connectivity index (χ1n) is 7.06. The molecule has 1 aromatic rings. The van der Waals surface area contributed by atoms with Crippen LogP contribution in [0.5, 0.6) is 0 Å². The number of hydrogen-bond acceptors (Lipinski definition) is 5. The fourth-order valence-electron chi connectivity index (χ4n) is 2.87. The van der Waals surface area contributed by atoms with Gasteiger partial charge in [0.15, 0.2) is 5.82 Å². The number of carboxylic acid groups (broad SMARTS) is 1. The Morgan fingerprint density at radius 1 is 1.40 bits per heavy atom. The Morgan fingerprint density at radius 3 is 3.00 bits per heavy atom. The van der Waals surface area contributed by atoms with Gasteiger partial charge < -0.3 is 14.4 Å². The predicted octanol–water partition coefficient (Wildman–Crippen LogP) is 1.93. The third-order valence-corrected chi connectivity index (χ3v) is 3.98. The molecule has 3 atom stereocenters. The molecule has 2 aliphatic rings. The van der Waals surface area contributed by atoms with Crippen molar-refractivity contribution >= 4 is 5.97 Å². The first kappa shape index (κ1) is 13.3. The Morgan fingerprint density at radius 2 is 2.25 bits per heavy atom. The first-order valence-corrected chi connectivity index (χ1v) is 7.06. The molecule has 0 saturated carbocycles. The van der Waals surface area contributed by atoms with Gasteiger partial charge in [-0.1, -0.05) is 17.3 Å². The molecule has 1 aliphatic heterocycles. The van der Waals surface area contributed by atoms with Gasteiger partial charge in [0.05, 0.1) is 17.9 Å². The molecular formula is C14H18N2O4. The van der Waals surface area contributed by atoms with E-state index >= 15 is 0 Å². The van der Waals surface area contributed by atoms with Gasteiger partial charge in [-0.2, -0.15) is 4.98 Å². The van der Waals surface area contributed by atoms with Gasteiger partial charge in [0.2, 0.25) is 5.89 Å². The second kappa shape index (κ2) is 5.75. The van der Waals surface area contributed by atoms with Crippen LogP contribution in [-0.4, -0.2) is 33.9 Å². The van der Waals surface area contributed by atoms with Crippen LogP contribution in [-0.2, 0) is 16.0 Å². The molecule has 0 spiro atoms. The zero-order chi connectivity index (χ0) is 13.9. The van der Waals surface area contributed by atoms with Crippen molar-refractivity contribution in [2.24, 2.45) is 5.92 Å². The van der Waals surface area contributed by atoms with E-state index in [9.17, 15) is 9.90 Å². The van der Waals surface area contributed by atoms with Gasteiger partial charge in [0.25, 0.3) is 0 Å². The quantitative estimate of drug-likeness (QED) is 0.847. The number of carboxylic acids is 1. The van der Waals surface area contributed by atoms with Crippen LogP contribution in [0.25, 0.3) is 0 Å². The van der Waals surface area contributed by atoms with Gasteiger partial charge in [-0.3, -0.25) is 4.79 Å². The molecule has 108 valence electrons. The minimum absolute atomic E-state index is 0.168. The molecule has 0 radical (unpaired) electrons. The van der Waals surface area contributed by atoms with E-state index in [-0.39, 0.29) is 12.0 Å². The SMILES string of the molecule is O=C(O)C1CC=CCC1c1nc(CC2CCCO2)no1. The Hall–Kier alpha value is -1.69. The van der Waals surface area contributed by atoms with E-state index in [2.05, 4.69) is 10.1 Å². The van der Waals surface area contributed by atoms with Crippen molar-refractivity contribution in [2.45, 2.75) is 44.1 Å². The normalized spacial score (nSPS) is 29.7. The summed E-state index contributed by atoms with van der Waals surface area (Å²) in [7, 11) is 0. The number of aliphatic carboxylic acids is 1. The second-order valence-corrected chi connectivity index (χ2v) is 5.38. The minimum atomic E-state index is -0.807. The van der Waals surface area contributed by atoms with Gasteiger partial charge in [0, 0.05) is 13.0 Å². The fraction of sp³-hybridized carbons (Fsp3) is 0.643. The number of hydrogen-bond donors (Lipinski definition) is 1.